The highest BCUT2D eigenvalue weighted by molar-refractivity contribution is 7.22. The number of hydrogen-bond acceptors (Lipinski definition) is 4. The van der Waals surface area contributed by atoms with Gasteiger partial charge in [0, 0.05) is 11.8 Å². The average Bonchev–Trinajstić information content (AvgIpc) is 2.80. The lowest BCUT2D eigenvalue weighted by Gasteiger charge is -2.05. The predicted molar refractivity (Wildman–Crippen MR) is 75.8 cm³/mol. The Balaban J connectivity index is 1.90. The number of fused-ring (bicyclic) bond motifs is 1. The second-order valence-electron chi connectivity index (χ2n) is 4.11. The van der Waals surface area contributed by atoms with Crippen LogP contribution in [0.15, 0.2) is 36.4 Å². The highest BCUT2D eigenvalue weighted by atomic mass is 32.1. The van der Waals surface area contributed by atoms with Crippen molar-refractivity contribution in [3.05, 3.63) is 48.0 Å². The number of rotatable bonds is 3. The topological polar surface area (TPSA) is 34.1 Å². The van der Waals surface area contributed by atoms with E-state index in [1.54, 1.807) is 12.1 Å². The van der Waals surface area contributed by atoms with Crippen LogP contribution in [0.3, 0.4) is 0 Å². The molecule has 6 heteroatoms. The van der Waals surface area contributed by atoms with E-state index >= 15 is 0 Å². The van der Waals surface area contributed by atoms with Crippen LogP contribution < -0.4 is 10.1 Å². The van der Waals surface area contributed by atoms with Crippen LogP contribution in [0.2, 0.25) is 0 Å². The summed E-state index contributed by atoms with van der Waals surface area (Å²) < 4.78 is 32.3. The fourth-order valence-electron chi connectivity index (χ4n) is 1.82. The maximum absolute atomic E-state index is 13.6. The zero-order chi connectivity index (χ0) is 14.1. The molecule has 0 aliphatic carbocycles. The number of nitrogens with zero attached hydrogens (tertiary/aromatic N) is 1. The first-order chi connectivity index (χ1) is 9.65. The standard InChI is InChI=1S/C14H10F2N2OS/c1-19-12-5-3-9(7-10(12)16)17-14-18-11-4-2-8(15)6-13(11)20-14/h2-7H,1H3,(H,17,18). The van der Waals surface area contributed by atoms with Gasteiger partial charge in [0.05, 0.1) is 17.3 Å². The Morgan fingerprint density at radius 3 is 2.75 bits per heavy atom. The quantitative estimate of drug-likeness (QED) is 0.780. The Kier molecular flexibility index (Phi) is 3.23. The van der Waals surface area contributed by atoms with Crippen LogP contribution in [0.1, 0.15) is 0 Å². The van der Waals surface area contributed by atoms with Gasteiger partial charge in [-0.2, -0.15) is 0 Å². The van der Waals surface area contributed by atoms with E-state index in [0.29, 0.717) is 16.3 Å². The maximum Gasteiger partial charge on any atom is 0.188 e. The zero-order valence-electron chi connectivity index (χ0n) is 10.5. The molecule has 0 saturated carbocycles. The summed E-state index contributed by atoms with van der Waals surface area (Å²) in [5.41, 5.74) is 1.26. The van der Waals surface area contributed by atoms with Gasteiger partial charge in [-0.1, -0.05) is 11.3 Å². The third-order valence-corrected chi connectivity index (χ3v) is 3.69. The molecule has 0 fully saturated rings. The maximum atomic E-state index is 13.6. The molecule has 20 heavy (non-hydrogen) atoms. The van der Waals surface area contributed by atoms with Gasteiger partial charge in [-0.25, -0.2) is 13.8 Å². The summed E-state index contributed by atoms with van der Waals surface area (Å²) >= 11 is 1.31. The number of anilines is 2. The summed E-state index contributed by atoms with van der Waals surface area (Å²) in [6, 6.07) is 8.94. The van der Waals surface area contributed by atoms with Gasteiger partial charge in [0.25, 0.3) is 0 Å². The minimum absolute atomic E-state index is 0.182. The van der Waals surface area contributed by atoms with Crippen LogP contribution in [0.5, 0.6) is 5.75 Å². The summed E-state index contributed by atoms with van der Waals surface area (Å²) in [6.45, 7) is 0. The predicted octanol–water partition coefficient (Wildman–Crippen LogP) is 4.33. The van der Waals surface area contributed by atoms with Gasteiger partial charge < -0.3 is 10.1 Å². The number of ether oxygens (including phenoxy) is 1. The van der Waals surface area contributed by atoms with Crippen molar-refractivity contribution in [2.24, 2.45) is 0 Å². The molecule has 3 nitrogen and oxygen atoms in total. The fraction of sp³-hybridized carbons (Fsp3) is 0.0714. The van der Waals surface area contributed by atoms with Crippen LogP contribution in [0, 0.1) is 11.6 Å². The number of nitrogens with one attached hydrogen (secondary N) is 1. The van der Waals surface area contributed by atoms with Gasteiger partial charge in [-0.05, 0) is 30.3 Å². The molecule has 0 saturated heterocycles. The number of halogens is 2. The summed E-state index contributed by atoms with van der Waals surface area (Å²) in [4.78, 5) is 4.31. The van der Waals surface area contributed by atoms with Gasteiger partial charge >= 0.3 is 0 Å². The highest BCUT2D eigenvalue weighted by Gasteiger charge is 2.07. The highest BCUT2D eigenvalue weighted by Crippen LogP contribution is 2.30. The molecule has 3 aromatic rings. The molecule has 0 atom stereocenters. The Morgan fingerprint density at radius 1 is 1.15 bits per heavy atom. The molecular formula is C14H10F2N2OS. The van der Waals surface area contributed by atoms with Crippen molar-refractivity contribution >= 4 is 32.4 Å². The molecule has 102 valence electrons. The monoisotopic (exact) mass is 292 g/mol. The number of hydrogen-bond donors (Lipinski definition) is 1. The lowest BCUT2D eigenvalue weighted by molar-refractivity contribution is 0.386. The van der Waals surface area contributed by atoms with Crippen LogP contribution in [0.4, 0.5) is 19.6 Å². The van der Waals surface area contributed by atoms with E-state index in [4.69, 9.17) is 4.74 Å². The lowest BCUT2D eigenvalue weighted by atomic mass is 10.3. The van der Waals surface area contributed by atoms with Crippen LogP contribution in [-0.2, 0) is 0 Å². The van der Waals surface area contributed by atoms with Gasteiger partial charge in [0.2, 0.25) is 0 Å². The Hall–Kier alpha value is -2.21. The van der Waals surface area contributed by atoms with E-state index in [0.717, 1.165) is 4.70 Å². The minimum Gasteiger partial charge on any atom is -0.494 e. The zero-order valence-corrected chi connectivity index (χ0v) is 11.3. The largest absolute Gasteiger partial charge is 0.494 e. The number of benzene rings is 2. The van der Waals surface area contributed by atoms with Crippen molar-refractivity contribution in [2.75, 3.05) is 12.4 Å². The molecule has 1 N–H and O–H groups in total. The van der Waals surface area contributed by atoms with Crippen molar-refractivity contribution in [2.45, 2.75) is 0 Å². The Bertz CT molecular complexity index is 773. The molecule has 0 bridgehead atoms. The second kappa shape index (κ2) is 5.05. The molecule has 0 aliphatic rings. The molecule has 0 radical (unpaired) electrons. The molecule has 0 aliphatic heterocycles. The smallest absolute Gasteiger partial charge is 0.188 e. The first-order valence-electron chi connectivity index (χ1n) is 5.82. The Labute approximate surface area is 117 Å². The van der Waals surface area contributed by atoms with E-state index in [1.807, 2.05) is 0 Å². The lowest BCUT2D eigenvalue weighted by Crippen LogP contribution is -1.92. The van der Waals surface area contributed by atoms with Crippen molar-refractivity contribution in [3.63, 3.8) is 0 Å². The molecule has 1 heterocycles. The number of aromatic nitrogens is 1. The minimum atomic E-state index is -0.454. The second-order valence-corrected chi connectivity index (χ2v) is 5.14. The molecule has 2 aromatic carbocycles. The van der Waals surface area contributed by atoms with E-state index in [2.05, 4.69) is 10.3 Å². The van der Waals surface area contributed by atoms with Gasteiger partial charge in [0.1, 0.15) is 5.82 Å². The van der Waals surface area contributed by atoms with Crippen molar-refractivity contribution in [1.82, 2.24) is 4.98 Å². The fourth-order valence-corrected chi connectivity index (χ4v) is 2.73. The summed E-state index contributed by atoms with van der Waals surface area (Å²) in [7, 11) is 1.41. The third-order valence-electron chi connectivity index (χ3n) is 2.75. The molecule has 0 spiro atoms. The first kappa shape index (κ1) is 12.8. The summed E-state index contributed by atoms with van der Waals surface area (Å²) in [5, 5.41) is 3.57. The van der Waals surface area contributed by atoms with Gasteiger partial charge in [0.15, 0.2) is 16.7 Å². The number of methoxy groups -OCH3 is 1. The van der Waals surface area contributed by atoms with Crippen LogP contribution in [0.25, 0.3) is 10.2 Å². The van der Waals surface area contributed by atoms with Crippen molar-refractivity contribution in [3.8, 4) is 5.75 Å². The van der Waals surface area contributed by atoms with E-state index < -0.39 is 5.82 Å². The molecule has 0 unspecified atom stereocenters. The molecule has 1 aromatic heterocycles. The van der Waals surface area contributed by atoms with Gasteiger partial charge in [-0.3, -0.25) is 0 Å². The summed E-state index contributed by atoms with van der Waals surface area (Å²) in [5.74, 6) is -0.574. The van der Waals surface area contributed by atoms with E-state index in [9.17, 15) is 8.78 Å². The molecular weight excluding hydrogens is 282 g/mol. The Morgan fingerprint density at radius 2 is 2.00 bits per heavy atom. The third kappa shape index (κ3) is 2.42. The first-order valence-corrected chi connectivity index (χ1v) is 6.64. The molecule has 3 rings (SSSR count). The van der Waals surface area contributed by atoms with Gasteiger partial charge in [-0.15, -0.1) is 0 Å². The summed E-state index contributed by atoms with van der Waals surface area (Å²) in [6.07, 6.45) is 0. The normalized spacial score (nSPS) is 10.8. The average molecular weight is 292 g/mol. The van der Waals surface area contributed by atoms with Crippen molar-refractivity contribution < 1.29 is 13.5 Å². The van der Waals surface area contributed by atoms with Crippen LogP contribution >= 0.6 is 11.3 Å². The van der Waals surface area contributed by atoms with E-state index in [-0.39, 0.29) is 11.6 Å². The molecule has 0 amide bonds. The van der Waals surface area contributed by atoms with Crippen LogP contribution in [-0.4, -0.2) is 12.1 Å². The van der Waals surface area contributed by atoms with E-state index in [1.165, 1.54) is 42.7 Å². The van der Waals surface area contributed by atoms with Crippen molar-refractivity contribution in [1.29, 1.82) is 0 Å². The SMILES string of the molecule is COc1ccc(Nc2nc3ccc(F)cc3s2)cc1F. The number of thiazole rings is 1.